The lowest BCUT2D eigenvalue weighted by Gasteiger charge is -2.50. The molecule has 6 heteroatoms. The van der Waals surface area contributed by atoms with Crippen LogP contribution in [0.25, 0.3) is 5.70 Å². The van der Waals surface area contributed by atoms with Crippen LogP contribution in [-0.2, 0) is 6.54 Å². The molecule has 4 nitrogen and oxygen atoms in total. The maximum atomic E-state index is 6.78. The molecule has 1 saturated heterocycles. The van der Waals surface area contributed by atoms with Gasteiger partial charge in [0.05, 0.1) is 37.7 Å². The molecule has 0 radical (unpaired) electrons. The largest absolute Gasteiger partial charge is 0.470 e. The van der Waals surface area contributed by atoms with Crippen LogP contribution in [0.15, 0.2) is 83.3 Å². The molecule has 0 aliphatic carbocycles. The van der Waals surface area contributed by atoms with E-state index in [0.29, 0.717) is 0 Å². The molecule has 3 aromatic carbocycles. The predicted octanol–water partition coefficient (Wildman–Crippen LogP) is 4.97. The molecule has 0 bridgehead atoms. The van der Waals surface area contributed by atoms with Crippen molar-refractivity contribution in [2.24, 2.45) is 0 Å². The number of fused-ring (bicyclic) bond motifs is 4. The van der Waals surface area contributed by atoms with Crippen molar-refractivity contribution in [1.29, 1.82) is 0 Å². The highest BCUT2D eigenvalue weighted by molar-refractivity contribution is 9.10. The molecule has 2 N–H and O–H groups in total. The molecule has 0 aromatic heterocycles. The number of benzene rings is 3. The third kappa shape index (κ3) is 3.97. The second-order valence-corrected chi connectivity index (χ2v) is 10.5. The Kier molecular flexibility index (Phi) is 5.46. The molecule has 1 unspecified atom stereocenters. The van der Waals surface area contributed by atoms with Crippen LogP contribution in [0.5, 0.6) is 5.75 Å². The third-order valence-corrected chi connectivity index (χ3v) is 7.83. The Labute approximate surface area is 207 Å². The number of halogens is 2. The second kappa shape index (κ2) is 8.48. The molecule has 3 aliphatic heterocycles. The number of nitrogens with zero attached hydrogens (tertiary/aromatic N) is 1. The van der Waals surface area contributed by atoms with E-state index < -0.39 is 0 Å². The summed E-state index contributed by atoms with van der Waals surface area (Å²) in [5.41, 5.74) is 8.13. The molecular formula is C27H26BrClN3O+. The van der Waals surface area contributed by atoms with Gasteiger partial charge in [-0.05, 0) is 42.0 Å². The van der Waals surface area contributed by atoms with Crippen molar-refractivity contribution in [1.82, 2.24) is 10.4 Å². The van der Waals surface area contributed by atoms with Crippen LogP contribution in [-0.4, -0.2) is 23.8 Å². The standard InChI is InChI=1S/C27H25BrClN3O/c28-21-8-6-20(7-9-21)24-17-25-23-16-22(29)10-11-26(23)33-27(32(25)30-24)12-14-31(15-13-27)18-19-4-2-1-3-5-19/h1-11,16-17,25,30H,12-15,18H2/p+1. The van der Waals surface area contributed by atoms with Crippen molar-refractivity contribution in [3.63, 3.8) is 0 Å². The normalized spacial score (nSPS) is 26.2. The molecule has 0 saturated carbocycles. The van der Waals surface area contributed by atoms with Crippen LogP contribution in [0.1, 0.15) is 35.6 Å². The van der Waals surface area contributed by atoms with E-state index in [1.165, 1.54) is 11.1 Å². The van der Waals surface area contributed by atoms with Crippen LogP contribution < -0.4 is 15.1 Å². The number of hydrogen-bond acceptors (Lipinski definition) is 3. The first-order chi connectivity index (χ1) is 16.1. The number of hydrazine groups is 1. The van der Waals surface area contributed by atoms with E-state index in [0.717, 1.165) is 59.0 Å². The van der Waals surface area contributed by atoms with E-state index in [1.807, 2.05) is 18.2 Å². The number of piperidine rings is 1. The van der Waals surface area contributed by atoms with E-state index in [2.05, 4.69) is 87.0 Å². The predicted molar refractivity (Wildman–Crippen MR) is 135 cm³/mol. The maximum absolute atomic E-state index is 6.78. The van der Waals surface area contributed by atoms with Crippen LogP contribution in [0.4, 0.5) is 0 Å². The molecule has 168 valence electrons. The molecule has 3 aromatic rings. The molecule has 3 heterocycles. The van der Waals surface area contributed by atoms with Gasteiger partial charge in [0.15, 0.2) is 5.72 Å². The number of hydrogen-bond donors (Lipinski definition) is 2. The zero-order valence-electron chi connectivity index (χ0n) is 18.2. The molecule has 1 atom stereocenters. The van der Waals surface area contributed by atoms with Gasteiger partial charge in [0, 0.05) is 20.6 Å². The van der Waals surface area contributed by atoms with Crippen LogP contribution in [0, 0.1) is 0 Å². The molecule has 6 rings (SSSR count). The summed E-state index contributed by atoms with van der Waals surface area (Å²) in [4.78, 5) is 1.61. The average Bonchev–Trinajstić information content (AvgIpc) is 3.29. The fraction of sp³-hybridized carbons (Fsp3) is 0.259. The van der Waals surface area contributed by atoms with Gasteiger partial charge >= 0.3 is 0 Å². The van der Waals surface area contributed by atoms with Gasteiger partial charge in [0.1, 0.15) is 12.3 Å². The molecule has 1 spiro atoms. The summed E-state index contributed by atoms with van der Waals surface area (Å²) >= 11 is 9.93. The van der Waals surface area contributed by atoms with Gasteiger partial charge in [-0.2, -0.15) is 5.01 Å². The Morgan fingerprint density at radius 2 is 1.79 bits per heavy atom. The smallest absolute Gasteiger partial charge is 0.191 e. The highest BCUT2D eigenvalue weighted by Gasteiger charge is 2.52. The number of ether oxygens (including phenoxy) is 1. The number of rotatable bonds is 3. The SMILES string of the molecule is Clc1ccc2c(c1)C1C=C(c3ccc(Br)cc3)NN1C1(CC[NH+](Cc3ccccc3)CC1)O2. The van der Waals surface area contributed by atoms with Crippen molar-refractivity contribution in [3.05, 3.63) is 105 Å². The topological polar surface area (TPSA) is 28.9 Å². The van der Waals surface area contributed by atoms with E-state index in [4.69, 9.17) is 16.3 Å². The number of likely N-dealkylation sites (tertiary alicyclic amines) is 1. The number of quaternary nitrogens is 1. The van der Waals surface area contributed by atoms with Gasteiger partial charge in [-0.1, -0.05) is 70.0 Å². The minimum absolute atomic E-state index is 0.0850. The van der Waals surface area contributed by atoms with Gasteiger partial charge in [0.2, 0.25) is 0 Å². The Morgan fingerprint density at radius 3 is 2.55 bits per heavy atom. The van der Waals surface area contributed by atoms with E-state index in [-0.39, 0.29) is 11.8 Å². The van der Waals surface area contributed by atoms with E-state index in [1.54, 1.807) is 4.90 Å². The van der Waals surface area contributed by atoms with Crippen molar-refractivity contribution in [2.45, 2.75) is 31.2 Å². The van der Waals surface area contributed by atoms with Crippen LogP contribution >= 0.6 is 27.5 Å². The zero-order chi connectivity index (χ0) is 22.4. The first kappa shape index (κ1) is 21.2. The molecule has 33 heavy (non-hydrogen) atoms. The second-order valence-electron chi connectivity index (χ2n) is 9.16. The van der Waals surface area contributed by atoms with Gasteiger partial charge in [-0.3, -0.25) is 0 Å². The maximum Gasteiger partial charge on any atom is 0.191 e. The fourth-order valence-electron chi connectivity index (χ4n) is 5.34. The Hall–Kier alpha value is -2.31. The first-order valence-corrected chi connectivity index (χ1v) is 12.7. The Bertz CT molecular complexity index is 1190. The van der Waals surface area contributed by atoms with Crippen molar-refractivity contribution in [3.8, 4) is 5.75 Å². The summed E-state index contributed by atoms with van der Waals surface area (Å²) in [6.45, 7) is 3.19. The summed E-state index contributed by atoms with van der Waals surface area (Å²) < 4.78 is 7.86. The van der Waals surface area contributed by atoms with Gasteiger partial charge in [0.25, 0.3) is 0 Å². The Balaban J connectivity index is 1.29. The van der Waals surface area contributed by atoms with Crippen molar-refractivity contribution >= 4 is 33.2 Å². The van der Waals surface area contributed by atoms with Crippen LogP contribution in [0.2, 0.25) is 5.02 Å². The fourth-order valence-corrected chi connectivity index (χ4v) is 5.78. The minimum Gasteiger partial charge on any atom is -0.470 e. The van der Waals surface area contributed by atoms with Crippen molar-refractivity contribution in [2.75, 3.05) is 13.1 Å². The molecule has 1 fully saturated rings. The Morgan fingerprint density at radius 1 is 1.03 bits per heavy atom. The van der Waals surface area contributed by atoms with Gasteiger partial charge < -0.3 is 15.1 Å². The van der Waals surface area contributed by atoms with Crippen molar-refractivity contribution < 1.29 is 9.64 Å². The highest BCUT2D eigenvalue weighted by Crippen LogP contribution is 2.48. The summed E-state index contributed by atoms with van der Waals surface area (Å²) in [5.74, 6) is 0.947. The highest BCUT2D eigenvalue weighted by atomic mass is 79.9. The lowest BCUT2D eigenvalue weighted by molar-refractivity contribution is -0.921. The zero-order valence-corrected chi connectivity index (χ0v) is 20.6. The molecule has 0 amide bonds. The third-order valence-electron chi connectivity index (χ3n) is 7.06. The van der Waals surface area contributed by atoms with Crippen LogP contribution in [0.3, 0.4) is 0 Å². The summed E-state index contributed by atoms with van der Waals surface area (Å²) in [7, 11) is 0. The molecule has 3 aliphatic rings. The summed E-state index contributed by atoms with van der Waals surface area (Å²) in [6.07, 6.45) is 4.23. The summed E-state index contributed by atoms with van der Waals surface area (Å²) in [6, 6.07) is 25.3. The molecular weight excluding hydrogens is 498 g/mol. The lowest BCUT2D eigenvalue weighted by Crippen LogP contribution is -3.12. The quantitative estimate of drug-likeness (QED) is 0.508. The monoisotopic (exact) mass is 522 g/mol. The van der Waals surface area contributed by atoms with Gasteiger partial charge in [-0.15, -0.1) is 0 Å². The van der Waals surface area contributed by atoms with E-state index >= 15 is 0 Å². The lowest BCUT2D eigenvalue weighted by atomic mass is 9.92. The van der Waals surface area contributed by atoms with Gasteiger partial charge in [-0.25, -0.2) is 0 Å². The summed E-state index contributed by atoms with van der Waals surface area (Å²) in [5, 5.41) is 3.07. The van der Waals surface area contributed by atoms with E-state index in [9.17, 15) is 0 Å². The first-order valence-electron chi connectivity index (χ1n) is 11.5. The minimum atomic E-state index is -0.376. The number of nitrogens with one attached hydrogen (secondary N) is 2. The average molecular weight is 524 g/mol.